The van der Waals surface area contributed by atoms with Crippen molar-refractivity contribution in [1.82, 2.24) is 10.2 Å². The molecule has 0 bridgehead atoms. The Bertz CT molecular complexity index is 545. The largest absolute Gasteiger partial charge is 0.365 e. The first-order valence-electron chi connectivity index (χ1n) is 5.82. The van der Waals surface area contributed by atoms with E-state index >= 15 is 0 Å². The van der Waals surface area contributed by atoms with E-state index < -0.39 is 0 Å². The maximum Gasteiger partial charge on any atom is 0.166 e. The lowest BCUT2D eigenvalue weighted by Crippen LogP contribution is -2.19. The Labute approximate surface area is 106 Å². The molecule has 4 heteroatoms. The summed E-state index contributed by atoms with van der Waals surface area (Å²) in [5.41, 5.74) is 1.77. The zero-order chi connectivity index (χ0) is 12.8. The predicted molar refractivity (Wildman–Crippen MR) is 70.0 cm³/mol. The molecule has 2 aromatic rings. The van der Waals surface area contributed by atoms with Crippen molar-refractivity contribution in [3.63, 3.8) is 0 Å². The van der Waals surface area contributed by atoms with Gasteiger partial charge in [-0.3, -0.25) is 0 Å². The fourth-order valence-electron chi connectivity index (χ4n) is 1.78. The first kappa shape index (κ1) is 12.1. The second-order valence-corrected chi connectivity index (χ2v) is 4.14. The van der Waals surface area contributed by atoms with Crippen LogP contribution in [0.5, 0.6) is 0 Å². The molecule has 1 atom stereocenters. The third-order valence-corrected chi connectivity index (χ3v) is 2.61. The van der Waals surface area contributed by atoms with E-state index in [0.717, 1.165) is 6.42 Å². The molecule has 1 heterocycles. The van der Waals surface area contributed by atoms with E-state index in [2.05, 4.69) is 40.6 Å². The van der Waals surface area contributed by atoms with Gasteiger partial charge < -0.3 is 5.32 Å². The van der Waals surface area contributed by atoms with E-state index in [1.807, 2.05) is 18.2 Å². The summed E-state index contributed by atoms with van der Waals surface area (Å²) in [6, 6.07) is 14.2. The zero-order valence-electron chi connectivity index (χ0n) is 10.2. The van der Waals surface area contributed by atoms with Gasteiger partial charge in [0.15, 0.2) is 5.82 Å². The normalized spacial score (nSPS) is 11.6. The predicted octanol–water partition coefficient (Wildman–Crippen LogP) is 2.39. The van der Waals surface area contributed by atoms with Crippen molar-refractivity contribution in [2.75, 3.05) is 5.32 Å². The lowest BCUT2D eigenvalue weighted by atomic mass is 10.1. The summed E-state index contributed by atoms with van der Waals surface area (Å²) in [7, 11) is 0. The monoisotopic (exact) mass is 238 g/mol. The van der Waals surface area contributed by atoms with Crippen LogP contribution in [0, 0.1) is 11.3 Å². The van der Waals surface area contributed by atoms with E-state index in [-0.39, 0.29) is 6.04 Å². The van der Waals surface area contributed by atoms with Crippen LogP contribution in [0.2, 0.25) is 0 Å². The van der Waals surface area contributed by atoms with Gasteiger partial charge in [-0.25, -0.2) is 0 Å². The Hall–Kier alpha value is -2.41. The second kappa shape index (κ2) is 5.78. The molecule has 0 fully saturated rings. The molecule has 90 valence electrons. The average Bonchev–Trinajstić information content (AvgIpc) is 2.40. The Balaban J connectivity index is 2.04. The molecule has 0 aliphatic rings. The van der Waals surface area contributed by atoms with Crippen LogP contribution in [0.3, 0.4) is 0 Å². The third-order valence-electron chi connectivity index (χ3n) is 2.61. The van der Waals surface area contributed by atoms with E-state index in [1.54, 1.807) is 6.07 Å². The molecule has 4 nitrogen and oxygen atoms in total. The number of nitriles is 1. The van der Waals surface area contributed by atoms with Crippen molar-refractivity contribution < 1.29 is 0 Å². The summed E-state index contributed by atoms with van der Waals surface area (Å²) in [5.74, 6) is 0.545. The van der Waals surface area contributed by atoms with Crippen LogP contribution in [-0.2, 0) is 6.42 Å². The Morgan fingerprint density at radius 2 is 2.06 bits per heavy atom. The fourth-order valence-corrected chi connectivity index (χ4v) is 1.78. The molecular formula is C14H14N4. The molecular weight excluding hydrogens is 224 g/mol. The van der Waals surface area contributed by atoms with Gasteiger partial charge in [-0.2, -0.15) is 10.4 Å². The van der Waals surface area contributed by atoms with Crippen molar-refractivity contribution in [3.05, 3.63) is 53.7 Å². The second-order valence-electron chi connectivity index (χ2n) is 4.14. The summed E-state index contributed by atoms with van der Waals surface area (Å²) in [4.78, 5) is 0. The van der Waals surface area contributed by atoms with Gasteiger partial charge in [-0.05, 0) is 25.0 Å². The molecule has 0 aliphatic carbocycles. The Morgan fingerprint density at radius 1 is 1.28 bits per heavy atom. The molecule has 1 aromatic carbocycles. The third kappa shape index (κ3) is 3.05. The molecule has 0 amide bonds. The number of nitrogens with one attached hydrogen (secondary N) is 1. The van der Waals surface area contributed by atoms with Crippen LogP contribution in [0.4, 0.5) is 5.82 Å². The molecule has 0 saturated carbocycles. The van der Waals surface area contributed by atoms with Crippen molar-refractivity contribution >= 4 is 5.82 Å². The first-order chi connectivity index (χ1) is 8.79. The molecule has 0 saturated heterocycles. The number of benzene rings is 1. The maximum absolute atomic E-state index is 8.96. The van der Waals surface area contributed by atoms with E-state index in [9.17, 15) is 0 Å². The van der Waals surface area contributed by atoms with Gasteiger partial charge >= 0.3 is 0 Å². The highest BCUT2D eigenvalue weighted by Gasteiger charge is 2.08. The standard InChI is InChI=1S/C14H14N4/c1-11(9-12-5-3-2-4-6-12)17-14-13(10-15)7-8-16-18-14/h2-8,11H,9H2,1H3,(H,17,18). The van der Waals surface area contributed by atoms with Gasteiger partial charge in [0.05, 0.1) is 11.8 Å². The number of hydrogen-bond donors (Lipinski definition) is 1. The highest BCUT2D eigenvalue weighted by atomic mass is 15.2. The molecule has 1 N–H and O–H groups in total. The minimum absolute atomic E-state index is 0.191. The molecule has 0 radical (unpaired) electrons. The molecule has 1 aromatic heterocycles. The van der Waals surface area contributed by atoms with E-state index in [1.165, 1.54) is 11.8 Å². The quantitative estimate of drug-likeness (QED) is 0.888. The molecule has 2 rings (SSSR count). The van der Waals surface area contributed by atoms with Gasteiger partial charge in [-0.1, -0.05) is 30.3 Å². The molecule has 1 unspecified atom stereocenters. The van der Waals surface area contributed by atoms with Crippen molar-refractivity contribution in [2.24, 2.45) is 0 Å². The van der Waals surface area contributed by atoms with E-state index in [4.69, 9.17) is 5.26 Å². The summed E-state index contributed by atoms with van der Waals surface area (Å²) in [6.07, 6.45) is 2.40. The lowest BCUT2D eigenvalue weighted by molar-refractivity contribution is 0.778. The first-order valence-corrected chi connectivity index (χ1v) is 5.82. The lowest BCUT2D eigenvalue weighted by Gasteiger charge is -2.14. The van der Waals surface area contributed by atoms with Gasteiger partial charge in [0, 0.05) is 6.04 Å². The van der Waals surface area contributed by atoms with Crippen LogP contribution >= 0.6 is 0 Å². The van der Waals surface area contributed by atoms with Gasteiger partial charge in [-0.15, -0.1) is 5.10 Å². The number of rotatable bonds is 4. The fraction of sp³-hybridized carbons (Fsp3) is 0.214. The minimum Gasteiger partial charge on any atom is -0.365 e. The van der Waals surface area contributed by atoms with Crippen LogP contribution in [-0.4, -0.2) is 16.2 Å². The molecule has 18 heavy (non-hydrogen) atoms. The smallest absolute Gasteiger partial charge is 0.166 e. The van der Waals surface area contributed by atoms with Gasteiger partial charge in [0.1, 0.15) is 6.07 Å². The molecule has 0 spiro atoms. The number of nitrogens with zero attached hydrogens (tertiary/aromatic N) is 3. The zero-order valence-corrected chi connectivity index (χ0v) is 10.2. The summed E-state index contributed by atoms with van der Waals surface area (Å²) in [6.45, 7) is 2.06. The van der Waals surface area contributed by atoms with Gasteiger partial charge in [0.2, 0.25) is 0 Å². The summed E-state index contributed by atoms with van der Waals surface area (Å²) in [5, 5.41) is 19.9. The van der Waals surface area contributed by atoms with E-state index in [0.29, 0.717) is 11.4 Å². The Morgan fingerprint density at radius 3 is 2.78 bits per heavy atom. The van der Waals surface area contributed by atoms with Crippen LogP contribution in [0.15, 0.2) is 42.6 Å². The van der Waals surface area contributed by atoms with Crippen LogP contribution in [0.1, 0.15) is 18.1 Å². The summed E-state index contributed by atoms with van der Waals surface area (Å²) >= 11 is 0. The number of hydrogen-bond acceptors (Lipinski definition) is 4. The van der Waals surface area contributed by atoms with Gasteiger partial charge in [0.25, 0.3) is 0 Å². The highest BCUT2D eigenvalue weighted by Crippen LogP contribution is 2.12. The summed E-state index contributed by atoms with van der Waals surface area (Å²) < 4.78 is 0. The highest BCUT2D eigenvalue weighted by molar-refractivity contribution is 5.50. The van der Waals surface area contributed by atoms with Crippen molar-refractivity contribution in [2.45, 2.75) is 19.4 Å². The van der Waals surface area contributed by atoms with Crippen LogP contribution in [0.25, 0.3) is 0 Å². The van der Waals surface area contributed by atoms with Crippen LogP contribution < -0.4 is 5.32 Å². The number of aromatic nitrogens is 2. The SMILES string of the molecule is CC(Cc1ccccc1)Nc1nnccc1C#N. The van der Waals surface area contributed by atoms with Crippen molar-refractivity contribution in [3.8, 4) is 6.07 Å². The maximum atomic E-state index is 8.96. The topological polar surface area (TPSA) is 61.6 Å². The average molecular weight is 238 g/mol. The Kier molecular flexibility index (Phi) is 3.87. The minimum atomic E-state index is 0.191. The number of anilines is 1. The van der Waals surface area contributed by atoms with Crippen molar-refractivity contribution in [1.29, 1.82) is 5.26 Å². The molecule has 0 aliphatic heterocycles.